The van der Waals surface area contributed by atoms with E-state index in [1.807, 2.05) is 19.9 Å². The smallest absolute Gasteiger partial charge is 0.127 e. The van der Waals surface area contributed by atoms with Gasteiger partial charge in [0.05, 0.1) is 0 Å². The van der Waals surface area contributed by atoms with E-state index >= 15 is 0 Å². The first-order valence-corrected chi connectivity index (χ1v) is 6.91. The molecule has 2 atom stereocenters. The summed E-state index contributed by atoms with van der Waals surface area (Å²) in [7, 11) is -0.761. The number of nitrogens with zero attached hydrogens (tertiary/aromatic N) is 1. The number of hydrogen-bond donors (Lipinski definition) is 2. The summed E-state index contributed by atoms with van der Waals surface area (Å²) in [5, 5.41) is 3.38. The third kappa shape index (κ3) is 3.81. The van der Waals surface area contributed by atoms with Crippen molar-refractivity contribution in [2.45, 2.75) is 25.5 Å². The molecule has 3 N–H and O–H groups in total. The summed E-state index contributed by atoms with van der Waals surface area (Å²) in [6.07, 6.45) is 4.34. The summed E-state index contributed by atoms with van der Waals surface area (Å²) in [4.78, 5) is 4.21. The Morgan fingerprint density at radius 1 is 1.62 bits per heavy atom. The molecule has 0 saturated heterocycles. The number of hydrogen-bond acceptors (Lipinski definition) is 4. The average Bonchev–Trinajstić information content (AvgIpc) is 2.23. The Bertz CT molecular complexity index is 381. The second-order valence-electron chi connectivity index (χ2n) is 3.95. The quantitative estimate of drug-likeness (QED) is 0.820. The van der Waals surface area contributed by atoms with Gasteiger partial charge in [-0.25, -0.2) is 4.98 Å². The lowest BCUT2D eigenvalue weighted by Crippen LogP contribution is -2.15. The normalized spacial score (nSPS) is 14.4. The van der Waals surface area contributed by atoms with Crippen LogP contribution < -0.4 is 11.1 Å². The molecule has 0 spiro atoms. The molecule has 5 heteroatoms. The number of pyridine rings is 1. The van der Waals surface area contributed by atoms with Crippen molar-refractivity contribution >= 4 is 22.3 Å². The van der Waals surface area contributed by atoms with Gasteiger partial charge < -0.3 is 11.1 Å². The van der Waals surface area contributed by atoms with Crippen LogP contribution in [-0.2, 0) is 10.8 Å². The molecule has 0 aliphatic heterocycles. The first-order valence-electron chi connectivity index (χ1n) is 5.29. The SMILES string of the molecule is Cc1cnc(NCCC(C)S(C)=O)cc1N. The molecule has 90 valence electrons. The van der Waals surface area contributed by atoms with E-state index in [9.17, 15) is 4.21 Å². The molecule has 0 aliphatic carbocycles. The largest absolute Gasteiger partial charge is 0.398 e. The van der Waals surface area contributed by atoms with E-state index in [0.29, 0.717) is 0 Å². The second-order valence-corrected chi connectivity index (χ2v) is 5.75. The van der Waals surface area contributed by atoms with E-state index in [2.05, 4.69) is 10.3 Å². The predicted molar refractivity (Wildman–Crippen MR) is 70.0 cm³/mol. The van der Waals surface area contributed by atoms with Crippen molar-refractivity contribution in [1.29, 1.82) is 0 Å². The third-order valence-corrected chi connectivity index (χ3v) is 3.94. The Hall–Kier alpha value is -1.10. The molecule has 0 aromatic carbocycles. The Balaban J connectivity index is 2.43. The highest BCUT2D eigenvalue weighted by Gasteiger charge is 2.05. The zero-order valence-corrected chi connectivity index (χ0v) is 10.8. The summed E-state index contributed by atoms with van der Waals surface area (Å²) in [5.41, 5.74) is 7.49. The van der Waals surface area contributed by atoms with E-state index in [4.69, 9.17) is 5.73 Å². The molecular formula is C11H19N3OS. The molecule has 1 aromatic rings. The molecule has 0 bridgehead atoms. The molecule has 0 radical (unpaired) electrons. The fourth-order valence-electron chi connectivity index (χ4n) is 1.21. The zero-order valence-electron chi connectivity index (χ0n) is 9.99. The minimum Gasteiger partial charge on any atom is -0.398 e. The highest BCUT2D eigenvalue weighted by atomic mass is 32.2. The summed E-state index contributed by atoms with van der Waals surface area (Å²) in [5.74, 6) is 0.775. The molecular weight excluding hydrogens is 222 g/mol. The zero-order chi connectivity index (χ0) is 12.1. The van der Waals surface area contributed by atoms with Gasteiger partial charge in [0.1, 0.15) is 5.82 Å². The lowest BCUT2D eigenvalue weighted by Gasteiger charge is -2.10. The molecule has 0 aliphatic rings. The molecule has 16 heavy (non-hydrogen) atoms. The van der Waals surface area contributed by atoms with Crippen LogP contribution in [0.2, 0.25) is 0 Å². The molecule has 0 saturated carbocycles. The van der Waals surface area contributed by atoms with Gasteiger partial charge in [0.25, 0.3) is 0 Å². The van der Waals surface area contributed by atoms with Crippen LogP contribution in [0, 0.1) is 6.92 Å². The maximum absolute atomic E-state index is 11.1. The first-order chi connectivity index (χ1) is 7.50. The van der Waals surface area contributed by atoms with Gasteiger partial charge in [0.2, 0.25) is 0 Å². The molecule has 1 heterocycles. The van der Waals surface area contributed by atoms with Crippen LogP contribution in [0.1, 0.15) is 18.9 Å². The highest BCUT2D eigenvalue weighted by Crippen LogP contribution is 2.13. The van der Waals surface area contributed by atoms with Crippen LogP contribution in [0.5, 0.6) is 0 Å². The predicted octanol–water partition coefficient (Wildman–Crippen LogP) is 1.54. The number of nitrogens with two attached hydrogens (primary N) is 1. The fourth-order valence-corrected chi connectivity index (χ4v) is 1.66. The Kier molecular flexibility index (Phi) is 4.73. The van der Waals surface area contributed by atoms with Gasteiger partial charge in [-0.1, -0.05) is 6.92 Å². The first kappa shape index (κ1) is 13.0. The van der Waals surface area contributed by atoms with E-state index in [0.717, 1.165) is 30.0 Å². The number of anilines is 2. The molecule has 1 aromatic heterocycles. The summed E-state index contributed by atoms with van der Waals surface area (Å²) >= 11 is 0. The number of rotatable bonds is 5. The fraction of sp³-hybridized carbons (Fsp3) is 0.545. The van der Waals surface area contributed by atoms with E-state index in [1.54, 1.807) is 12.5 Å². The minimum absolute atomic E-state index is 0.204. The van der Waals surface area contributed by atoms with Crippen LogP contribution in [0.4, 0.5) is 11.5 Å². The van der Waals surface area contributed by atoms with Crippen LogP contribution in [0.3, 0.4) is 0 Å². The van der Waals surface area contributed by atoms with Crippen molar-refractivity contribution in [2.24, 2.45) is 0 Å². The topological polar surface area (TPSA) is 68.0 Å². The van der Waals surface area contributed by atoms with Gasteiger partial charge >= 0.3 is 0 Å². The number of nitrogen functional groups attached to an aromatic ring is 1. The monoisotopic (exact) mass is 241 g/mol. The van der Waals surface area contributed by atoms with Crippen LogP contribution in [0.25, 0.3) is 0 Å². The standard InChI is InChI=1S/C11H19N3OS/c1-8-7-14-11(6-10(8)12)13-5-4-9(2)16(3)15/h6-7,9H,4-5H2,1-3H3,(H3,12,13,14). The van der Waals surface area contributed by atoms with Gasteiger partial charge in [-0.2, -0.15) is 0 Å². The Morgan fingerprint density at radius 2 is 2.31 bits per heavy atom. The lowest BCUT2D eigenvalue weighted by molar-refractivity contribution is 0.672. The van der Waals surface area contributed by atoms with Crippen LogP contribution in [-0.4, -0.2) is 27.2 Å². The van der Waals surface area contributed by atoms with Crippen molar-refractivity contribution in [1.82, 2.24) is 4.98 Å². The molecule has 2 unspecified atom stereocenters. The van der Waals surface area contributed by atoms with Crippen molar-refractivity contribution in [3.05, 3.63) is 17.8 Å². The number of aryl methyl sites for hydroxylation is 1. The summed E-state index contributed by atoms with van der Waals surface area (Å²) < 4.78 is 11.1. The van der Waals surface area contributed by atoms with Crippen molar-refractivity contribution in [2.75, 3.05) is 23.9 Å². The van der Waals surface area contributed by atoms with Crippen molar-refractivity contribution in [3.63, 3.8) is 0 Å². The Morgan fingerprint density at radius 3 is 2.88 bits per heavy atom. The maximum atomic E-state index is 11.1. The van der Waals surface area contributed by atoms with E-state index in [-0.39, 0.29) is 5.25 Å². The van der Waals surface area contributed by atoms with Gasteiger partial charge in [-0.15, -0.1) is 0 Å². The number of nitrogens with one attached hydrogen (secondary N) is 1. The highest BCUT2D eigenvalue weighted by molar-refractivity contribution is 7.84. The van der Waals surface area contributed by atoms with E-state index < -0.39 is 10.8 Å². The second kappa shape index (κ2) is 5.84. The maximum Gasteiger partial charge on any atom is 0.127 e. The molecule has 4 nitrogen and oxygen atoms in total. The summed E-state index contributed by atoms with van der Waals surface area (Å²) in [6.45, 7) is 4.67. The molecule has 1 rings (SSSR count). The van der Waals surface area contributed by atoms with E-state index in [1.165, 1.54) is 0 Å². The third-order valence-electron chi connectivity index (χ3n) is 2.57. The van der Waals surface area contributed by atoms with Crippen molar-refractivity contribution in [3.8, 4) is 0 Å². The van der Waals surface area contributed by atoms with Crippen LogP contribution in [0.15, 0.2) is 12.3 Å². The molecule has 0 amide bonds. The average molecular weight is 241 g/mol. The minimum atomic E-state index is -0.761. The lowest BCUT2D eigenvalue weighted by atomic mass is 10.2. The number of aromatic nitrogens is 1. The van der Waals surface area contributed by atoms with Gasteiger partial charge in [-0.05, 0) is 18.9 Å². The molecule has 0 fully saturated rings. The summed E-state index contributed by atoms with van der Waals surface area (Å²) in [6, 6.07) is 1.82. The Labute approximate surface area is 99.1 Å². The van der Waals surface area contributed by atoms with Gasteiger partial charge in [0, 0.05) is 46.8 Å². The van der Waals surface area contributed by atoms with Gasteiger partial charge in [0.15, 0.2) is 0 Å². The van der Waals surface area contributed by atoms with Crippen LogP contribution >= 0.6 is 0 Å². The van der Waals surface area contributed by atoms with Crippen molar-refractivity contribution < 1.29 is 4.21 Å². The van der Waals surface area contributed by atoms with Gasteiger partial charge in [-0.3, -0.25) is 4.21 Å².